The molecule has 0 atom stereocenters. The highest BCUT2D eigenvalue weighted by atomic mass is 32.2. The highest BCUT2D eigenvalue weighted by Gasteiger charge is 2.33. The zero-order valence-electron chi connectivity index (χ0n) is 15.9. The lowest BCUT2D eigenvalue weighted by Gasteiger charge is -2.12. The predicted octanol–water partition coefficient (Wildman–Crippen LogP) is 5.79. The number of nitrogens with one attached hydrogen (secondary N) is 2. The Kier molecular flexibility index (Phi) is 6.91. The lowest BCUT2D eigenvalue weighted by molar-refractivity contribution is -0.141. The van der Waals surface area contributed by atoms with Crippen LogP contribution in [0.2, 0.25) is 0 Å². The van der Waals surface area contributed by atoms with Gasteiger partial charge in [0.05, 0.1) is 0 Å². The minimum absolute atomic E-state index is 0.0591. The molecule has 0 spiro atoms. The number of carbonyl (C=O) groups is 1. The molecule has 0 saturated heterocycles. The van der Waals surface area contributed by atoms with Crippen LogP contribution in [-0.4, -0.2) is 15.9 Å². The first-order valence-electron chi connectivity index (χ1n) is 8.87. The Balaban J connectivity index is 1.83. The van der Waals surface area contributed by atoms with Crippen LogP contribution in [0.25, 0.3) is 0 Å². The summed E-state index contributed by atoms with van der Waals surface area (Å²) in [6.07, 6.45) is -3.56. The molecule has 2 N–H and O–H groups in total. The van der Waals surface area contributed by atoms with Crippen LogP contribution in [0.4, 0.5) is 34.8 Å². The van der Waals surface area contributed by atoms with Crippen molar-refractivity contribution >= 4 is 34.9 Å². The third kappa shape index (κ3) is 6.54. The third-order valence-corrected chi connectivity index (χ3v) is 4.78. The minimum atomic E-state index is -4.66. The van der Waals surface area contributed by atoms with Crippen molar-refractivity contribution in [3.63, 3.8) is 0 Å². The topological polar surface area (TPSA) is 66.9 Å². The zero-order valence-corrected chi connectivity index (χ0v) is 16.7. The second-order valence-corrected chi connectivity index (χ2v) is 7.18. The molecule has 1 heterocycles. The Bertz CT molecular complexity index is 1090. The molecule has 2 aromatic carbocycles. The summed E-state index contributed by atoms with van der Waals surface area (Å²) < 4.78 is 53.0. The molecule has 0 aliphatic carbocycles. The van der Waals surface area contributed by atoms with E-state index in [1.54, 1.807) is 24.3 Å². The van der Waals surface area contributed by atoms with Crippen molar-refractivity contribution in [2.75, 3.05) is 10.6 Å². The summed E-state index contributed by atoms with van der Waals surface area (Å²) in [5.41, 5.74) is 0.476. The number of thioether (sulfide) groups is 1. The van der Waals surface area contributed by atoms with Crippen molar-refractivity contribution < 1.29 is 22.4 Å². The normalized spacial score (nSPS) is 11.1. The van der Waals surface area contributed by atoms with Crippen LogP contribution >= 0.6 is 11.8 Å². The lowest BCUT2D eigenvalue weighted by Crippen LogP contribution is -2.11. The smallest absolute Gasteiger partial charge is 0.340 e. The molecule has 3 aromatic rings. The molecule has 0 fully saturated rings. The highest BCUT2D eigenvalue weighted by molar-refractivity contribution is 7.98. The Morgan fingerprint density at radius 3 is 2.45 bits per heavy atom. The first-order chi connectivity index (χ1) is 14.7. The third-order valence-electron chi connectivity index (χ3n) is 3.87. The van der Waals surface area contributed by atoms with Gasteiger partial charge in [0.2, 0.25) is 5.91 Å². The van der Waals surface area contributed by atoms with Crippen LogP contribution in [-0.2, 0) is 16.7 Å². The van der Waals surface area contributed by atoms with E-state index in [1.165, 1.54) is 24.3 Å². The summed E-state index contributed by atoms with van der Waals surface area (Å²) in [7, 11) is 0. The van der Waals surface area contributed by atoms with E-state index >= 15 is 0 Å². The first kappa shape index (κ1) is 22.3. The largest absolute Gasteiger partial charge is 0.433 e. The van der Waals surface area contributed by atoms with Crippen LogP contribution in [0.3, 0.4) is 0 Å². The molecule has 3 rings (SSSR count). The zero-order chi connectivity index (χ0) is 22.4. The fraction of sp³-hybridized carbons (Fsp3) is 0.0952. The number of rotatable bonds is 7. The van der Waals surface area contributed by atoms with Crippen LogP contribution in [0, 0.1) is 5.82 Å². The number of halogens is 4. The van der Waals surface area contributed by atoms with Crippen molar-refractivity contribution in [2.45, 2.75) is 17.1 Å². The first-order valence-corrected chi connectivity index (χ1v) is 9.85. The van der Waals surface area contributed by atoms with Gasteiger partial charge in [-0.15, -0.1) is 0 Å². The van der Waals surface area contributed by atoms with Gasteiger partial charge < -0.3 is 10.6 Å². The van der Waals surface area contributed by atoms with Gasteiger partial charge in [0, 0.05) is 23.2 Å². The molecule has 0 aliphatic heterocycles. The molecule has 5 nitrogen and oxygen atoms in total. The maximum absolute atomic E-state index is 13.3. The van der Waals surface area contributed by atoms with Gasteiger partial charge in [-0.05, 0) is 42.0 Å². The molecule has 1 aromatic heterocycles. The van der Waals surface area contributed by atoms with E-state index in [0.717, 1.165) is 23.9 Å². The molecule has 1 amide bonds. The molecule has 31 heavy (non-hydrogen) atoms. The number of benzene rings is 2. The number of carbonyl (C=O) groups excluding carboxylic acids is 1. The maximum Gasteiger partial charge on any atom is 0.433 e. The summed E-state index contributed by atoms with van der Waals surface area (Å²) in [6.45, 7) is 3.36. The summed E-state index contributed by atoms with van der Waals surface area (Å²) in [5, 5.41) is 5.28. The predicted molar refractivity (Wildman–Crippen MR) is 112 cm³/mol. The number of hydrogen-bond donors (Lipinski definition) is 2. The summed E-state index contributed by atoms with van der Waals surface area (Å²) >= 11 is 0.996. The molecule has 0 saturated carbocycles. The van der Waals surface area contributed by atoms with E-state index in [9.17, 15) is 22.4 Å². The number of amides is 1. The van der Waals surface area contributed by atoms with Crippen molar-refractivity contribution in [1.29, 1.82) is 0 Å². The number of nitrogens with zero attached hydrogens (tertiary/aromatic N) is 2. The number of alkyl halides is 3. The fourth-order valence-electron chi connectivity index (χ4n) is 2.44. The maximum atomic E-state index is 13.3. The molecule has 0 aliphatic rings. The molecule has 0 radical (unpaired) electrons. The lowest BCUT2D eigenvalue weighted by atomic mass is 10.2. The average Bonchev–Trinajstić information content (AvgIpc) is 2.73. The Hall–Kier alpha value is -3.40. The Labute approximate surface area is 179 Å². The summed E-state index contributed by atoms with van der Waals surface area (Å²) in [6, 6.07) is 12.8. The van der Waals surface area contributed by atoms with E-state index in [2.05, 4.69) is 27.2 Å². The van der Waals surface area contributed by atoms with E-state index < -0.39 is 23.6 Å². The van der Waals surface area contributed by atoms with Gasteiger partial charge in [-0.25, -0.2) is 14.4 Å². The molecular formula is C21H16F4N4OS. The minimum Gasteiger partial charge on any atom is -0.340 e. The molecule has 0 unspecified atom stereocenters. The summed E-state index contributed by atoms with van der Waals surface area (Å²) in [4.78, 5) is 19.2. The van der Waals surface area contributed by atoms with Crippen molar-refractivity contribution in [2.24, 2.45) is 0 Å². The van der Waals surface area contributed by atoms with Gasteiger partial charge in [-0.1, -0.05) is 36.5 Å². The van der Waals surface area contributed by atoms with Crippen LogP contribution in [0.5, 0.6) is 0 Å². The van der Waals surface area contributed by atoms with Crippen molar-refractivity contribution in [3.05, 3.63) is 84.3 Å². The van der Waals surface area contributed by atoms with E-state index in [0.29, 0.717) is 16.9 Å². The SMILES string of the molecule is C=CC(=O)Nc1cccc(Nc2cc(C(F)(F)F)nc(SCc3ccc(F)cc3)n2)c1. The highest BCUT2D eigenvalue weighted by Crippen LogP contribution is 2.32. The second kappa shape index (κ2) is 9.61. The number of aromatic nitrogens is 2. The van der Waals surface area contributed by atoms with Crippen LogP contribution in [0.15, 0.2) is 72.4 Å². The Morgan fingerprint density at radius 1 is 1.06 bits per heavy atom. The van der Waals surface area contributed by atoms with E-state index in [4.69, 9.17) is 0 Å². The Morgan fingerprint density at radius 2 is 1.77 bits per heavy atom. The van der Waals surface area contributed by atoms with Crippen molar-refractivity contribution in [3.8, 4) is 0 Å². The number of anilines is 3. The standard InChI is InChI=1S/C21H16F4N4OS/c1-2-19(30)27-16-5-3-4-15(10-16)26-18-11-17(21(23,24)25)28-20(29-18)31-12-13-6-8-14(22)9-7-13/h2-11H,1,12H2,(H,27,30)(H,26,28,29). The van der Waals surface area contributed by atoms with Gasteiger partial charge in [-0.2, -0.15) is 13.2 Å². The quantitative estimate of drug-likeness (QED) is 0.207. The molecule has 10 heteroatoms. The van der Waals surface area contributed by atoms with E-state index in [-0.39, 0.29) is 16.7 Å². The van der Waals surface area contributed by atoms with Gasteiger partial charge >= 0.3 is 6.18 Å². The number of hydrogen-bond acceptors (Lipinski definition) is 5. The molecular weight excluding hydrogens is 432 g/mol. The van der Waals surface area contributed by atoms with Gasteiger partial charge in [0.25, 0.3) is 0 Å². The average molecular weight is 448 g/mol. The second-order valence-electron chi connectivity index (χ2n) is 6.23. The van der Waals surface area contributed by atoms with E-state index in [1.807, 2.05) is 0 Å². The monoisotopic (exact) mass is 448 g/mol. The van der Waals surface area contributed by atoms with Gasteiger partial charge in [0.1, 0.15) is 11.6 Å². The van der Waals surface area contributed by atoms with Crippen LogP contribution < -0.4 is 10.6 Å². The van der Waals surface area contributed by atoms with Gasteiger partial charge in [0.15, 0.2) is 10.9 Å². The summed E-state index contributed by atoms with van der Waals surface area (Å²) in [5.74, 6) is -0.611. The fourth-order valence-corrected chi connectivity index (χ4v) is 3.26. The van der Waals surface area contributed by atoms with Crippen LogP contribution in [0.1, 0.15) is 11.3 Å². The molecule has 160 valence electrons. The van der Waals surface area contributed by atoms with Crippen molar-refractivity contribution in [1.82, 2.24) is 9.97 Å². The van der Waals surface area contributed by atoms with Gasteiger partial charge in [-0.3, -0.25) is 4.79 Å². The molecule has 0 bridgehead atoms.